The molecule has 32 heavy (non-hydrogen) atoms. The molecule has 1 aliphatic heterocycles. The van der Waals surface area contributed by atoms with Crippen LogP contribution in [0, 0.1) is 13.8 Å². The van der Waals surface area contributed by atoms with Gasteiger partial charge < -0.3 is 4.74 Å². The number of nitrogens with zero attached hydrogens (tertiary/aromatic N) is 2. The maximum Gasteiger partial charge on any atom is 0.229 e. The number of likely N-dealkylation sites (tertiary alicyclic amines) is 1. The Kier molecular flexibility index (Phi) is 7.17. The topological polar surface area (TPSA) is 49.9 Å². The summed E-state index contributed by atoms with van der Waals surface area (Å²) >= 11 is 6.21. The Labute approximate surface area is 195 Å². The van der Waals surface area contributed by atoms with E-state index in [1.165, 1.54) is 35.3 Å². The zero-order valence-electron chi connectivity index (χ0n) is 18.9. The summed E-state index contributed by atoms with van der Waals surface area (Å²) < 4.78 is 5.88. The summed E-state index contributed by atoms with van der Waals surface area (Å²) in [6, 6.07) is 13.2. The van der Waals surface area contributed by atoms with Gasteiger partial charge in [-0.2, -0.15) is 0 Å². The highest BCUT2D eigenvalue weighted by Gasteiger charge is 2.28. The molecule has 2 aliphatic rings. The molecule has 1 saturated carbocycles. The van der Waals surface area contributed by atoms with Crippen molar-refractivity contribution in [2.24, 2.45) is 0 Å². The summed E-state index contributed by atoms with van der Waals surface area (Å²) in [6.45, 7) is 6.54. The molecule has 0 N–H and O–H groups in total. The van der Waals surface area contributed by atoms with Crippen LogP contribution in [0.25, 0.3) is 0 Å². The smallest absolute Gasteiger partial charge is 0.229 e. The Morgan fingerprint density at radius 2 is 1.59 bits per heavy atom. The molecule has 1 saturated heterocycles. The van der Waals surface area contributed by atoms with Crippen LogP contribution in [0.2, 0.25) is 5.02 Å². The Hall–Kier alpha value is -2.37. The van der Waals surface area contributed by atoms with Crippen LogP contribution in [0.5, 0.6) is 5.75 Å². The van der Waals surface area contributed by atoms with Crippen LogP contribution >= 0.6 is 11.6 Å². The van der Waals surface area contributed by atoms with Crippen molar-refractivity contribution in [2.45, 2.75) is 65.1 Å². The van der Waals surface area contributed by atoms with E-state index in [1.807, 2.05) is 19.1 Å². The van der Waals surface area contributed by atoms with Gasteiger partial charge in [0.1, 0.15) is 12.4 Å². The van der Waals surface area contributed by atoms with Gasteiger partial charge in [0.2, 0.25) is 11.8 Å². The van der Waals surface area contributed by atoms with Gasteiger partial charge in [-0.15, -0.1) is 0 Å². The molecule has 0 bridgehead atoms. The lowest BCUT2D eigenvalue weighted by molar-refractivity contribution is -0.138. The predicted molar refractivity (Wildman–Crippen MR) is 126 cm³/mol. The SMILES string of the molecule is Cc1cc(CN(Cc2ccc(OCCN3C(=O)CCC3=O)c(C)c2)C2CCC2)ccc1Cl. The van der Waals surface area contributed by atoms with Gasteiger partial charge >= 0.3 is 0 Å². The number of rotatable bonds is 9. The molecule has 2 fully saturated rings. The van der Waals surface area contributed by atoms with E-state index in [2.05, 4.69) is 36.1 Å². The molecule has 170 valence electrons. The number of carbonyl (C=O) groups is 2. The normalized spacial score (nSPS) is 16.7. The molecule has 6 heteroatoms. The Bertz CT molecular complexity index is 987. The van der Waals surface area contributed by atoms with E-state index < -0.39 is 0 Å². The number of ether oxygens (including phenoxy) is 1. The minimum Gasteiger partial charge on any atom is -0.491 e. The van der Waals surface area contributed by atoms with Gasteiger partial charge in [-0.3, -0.25) is 19.4 Å². The second-order valence-electron chi connectivity index (χ2n) is 8.96. The molecule has 1 heterocycles. The number of amides is 2. The van der Waals surface area contributed by atoms with Crippen molar-refractivity contribution in [3.63, 3.8) is 0 Å². The fourth-order valence-electron chi connectivity index (χ4n) is 4.43. The van der Waals surface area contributed by atoms with Crippen molar-refractivity contribution >= 4 is 23.4 Å². The van der Waals surface area contributed by atoms with E-state index in [0.29, 0.717) is 32.0 Å². The molecular formula is C26H31ClN2O3. The quantitative estimate of drug-likeness (QED) is 0.498. The third-order valence-corrected chi connectivity index (χ3v) is 6.98. The van der Waals surface area contributed by atoms with Crippen LogP contribution in [-0.2, 0) is 22.7 Å². The number of hydrogen-bond donors (Lipinski definition) is 0. The highest BCUT2D eigenvalue weighted by molar-refractivity contribution is 6.31. The Balaban J connectivity index is 1.37. The zero-order chi connectivity index (χ0) is 22.7. The third kappa shape index (κ3) is 5.33. The molecule has 5 nitrogen and oxygen atoms in total. The van der Waals surface area contributed by atoms with Gasteiger partial charge in [0.15, 0.2) is 0 Å². The minimum absolute atomic E-state index is 0.0994. The maximum absolute atomic E-state index is 11.7. The third-order valence-electron chi connectivity index (χ3n) is 6.55. The zero-order valence-corrected chi connectivity index (χ0v) is 19.7. The average molecular weight is 455 g/mol. The largest absolute Gasteiger partial charge is 0.491 e. The van der Waals surface area contributed by atoms with Crippen LogP contribution in [0.4, 0.5) is 0 Å². The van der Waals surface area contributed by atoms with E-state index >= 15 is 0 Å². The first kappa shape index (κ1) is 22.8. The number of halogens is 1. The van der Waals surface area contributed by atoms with E-state index in [4.69, 9.17) is 16.3 Å². The van der Waals surface area contributed by atoms with Gasteiger partial charge in [-0.1, -0.05) is 42.3 Å². The second kappa shape index (κ2) is 10.1. The molecular weight excluding hydrogens is 424 g/mol. The van der Waals surface area contributed by atoms with Crippen molar-refractivity contribution in [2.75, 3.05) is 13.2 Å². The molecule has 0 radical (unpaired) electrons. The van der Waals surface area contributed by atoms with Gasteiger partial charge in [-0.25, -0.2) is 0 Å². The fourth-order valence-corrected chi connectivity index (χ4v) is 4.55. The second-order valence-corrected chi connectivity index (χ2v) is 9.37. The van der Waals surface area contributed by atoms with Crippen molar-refractivity contribution in [3.8, 4) is 5.75 Å². The maximum atomic E-state index is 11.7. The number of imide groups is 1. The first-order valence-corrected chi connectivity index (χ1v) is 11.8. The molecule has 1 aliphatic carbocycles. The molecule has 0 atom stereocenters. The molecule has 2 aromatic carbocycles. The molecule has 0 unspecified atom stereocenters. The van der Waals surface area contributed by atoms with Crippen LogP contribution in [0.1, 0.15) is 54.4 Å². The summed E-state index contributed by atoms with van der Waals surface area (Å²) in [5.74, 6) is 0.603. The van der Waals surface area contributed by atoms with Crippen molar-refractivity contribution in [1.29, 1.82) is 0 Å². The standard InChI is InChI=1S/C26H31ClN2O3/c1-18-14-20(6-8-23(18)27)16-28(22-4-3-5-22)17-21-7-9-24(19(2)15-21)32-13-12-29-25(30)10-11-26(29)31/h6-9,14-15,22H,3-5,10-13,16-17H2,1-2H3. The van der Waals surface area contributed by atoms with Crippen LogP contribution in [0.3, 0.4) is 0 Å². The summed E-state index contributed by atoms with van der Waals surface area (Å²) in [5.41, 5.74) is 4.74. The molecule has 2 amide bonds. The van der Waals surface area contributed by atoms with E-state index in [1.54, 1.807) is 0 Å². The summed E-state index contributed by atoms with van der Waals surface area (Å²) in [6.07, 6.45) is 4.44. The van der Waals surface area contributed by atoms with E-state index in [0.717, 1.165) is 35.0 Å². The monoisotopic (exact) mass is 454 g/mol. The Morgan fingerprint density at radius 1 is 0.969 bits per heavy atom. The Morgan fingerprint density at radius 3 is 2.16 bits per heavy atom. The van der Waals surface area contributed by atoms with E-state index in [-0.39, 0.29) is 11.8 Å². The van der Waals surface area contributed by atoms with Gasteiger partial charge in [-0.05, 0) is 61.1 Å². The van der Waals surface area contributed by atoms with Gasteiger partial charge in [0.05, 0.1) is 6.54 Å². The summed E-state index contributed by atoms with van der Waals surface area (Å²) in [4.78, 5) is 27.3. The lowest BCUT2D eigenvalue weighted by Gasteiger charge is -2.38. The van der Waals surface area contributed by atoms with Crippen molar-refractivity contribution in [1.82, 2.24) is 9.80 Å². The van der Waals surface area contributed by atoms with Crippen LogP contribution in [-0.4, -0.2) is 40.8 Å². The van der Waals surface area contributed by atoms with Crippen molar-refractivity contribution in [3.05, 3.63) is 63.7 Å². The summed E-state index contributed by atoms with van der Waals surface area (Å²) in [7, 11) is 0. The molecule has 0 aromatic heterocycles. The van der Waals surface area contributed by atoms with Crippen LogP contribution in [0.15, 0.2) is 36.4 Å². The number of aryl methyl sites for hydroxylation is 2. The lowest BCUT2D eigenvalue weighted by atomic mass is 9.90. The number of hydrogen-bond acceptors (Lipinski definition) is 4. The first-order valence-electron chi connectivity index (χ1n) is 11.5. The minimum atomic E-state index is -0.0994. The highest BCUT2D eigenvalue weighted by atomic mass is 35.5. The van der Waals surface area contributed by atoms with Crippen LogP contribution < -0.4 is 4.74 Å². The van der Waals surface area contributed by atoms with Gasteiger partial charge in [0.25, 0.3) is 0 Å². The average Bonchev–Trinajstić information content (AvgIpc) is 3.03. The van der Waals surface area contributed by atoms with E-state index in [9.17, 15) is 9.59 Å². The van der Waals surface area contributed by atoms with Gasteiger partial charge in [0, 0.05) is 37.0 Å². The van der Waals surface area contributed by atoms with Crippen molar-refractivity contribution < 1.29 is 14.3 Å². The number of benzene rings is 2. The lowest BCUT2D eigenvalue weighted by Crippen LogP contribution is -2.39. The summed E-state index contributed by atoms with van der Waals surface area (Å²) in [5, 5.41) is 0.814. The highest BCUT2D eigenvalue weighted by Crippen LogP contribution is 2.29. The molecule has 4 rings (SSSR count). The first-order chi connectivity index (χ1) is 15.4. The number of carbonyl (C=O) groups excluding carboxylic acids is 2. The fraction of sp³-hybridized carbons (Fsp3) is 0.462. The molecule has 2 aromatic rings. The predicted octanol–water partition coefficient (Wildman–Crippen LogP) is 5.04. The molecule has 0 spiro atoms.